The summed E-state index contributed by atoms with van der Waals surface area (Å²) in [7, 11) is -3.44. The molecule has 0 aliphatic carbocycles. The topological polar surface area (TPSA) is 133 Å². The van der Waals surface area contributed by atoms with Crippen LogP contribution in [-0.4, -0.2) is 59.7 Å². The number of nitrogens with one attached hydrogen (secondary N) is 1. The highest BCUT2D eigenvalue weighted by molar-refractivity contribution is 7.84. The van der Waals surface area contributed by atoms with Crippen molar-refractivity contribution in [3.05, 3.63) is 0 Å². The minimum atomic E-state index is -4.76. The van der Waals surface area contributed by atoms with Crippen molar-refractivity contribution in [2.45, 2.75) is 32.1 Å². The van der Waals surface area contributed by atoms with Crippen molar-refractivity contribution in [1.82, 2.24) is 9.62 Å². The number of amides is 2. The number of hydrogen-bond donors (Lipinski definition) is 3. The SMILES string of the molecule is CNC(=O)O[C@@H](C)[C@@H]1[C@@H]([C@@H](C)O)C(=O)N1S(=O)(=O)O. The van der Waals surface area contributed by atoms with Gasteiger partial charge in [-0.05, 0) is 13.8 Å². The smallest absolute Gasteiger partial charge is 0.407 e. The first-order valence-electron chi connectivity index (χ1n) is 5.48. The summed E-state index contributed by atoms with van der Waals surface area (Å²) in [6, 6.07) is -1.14. The maximum atomic E-state index is 11.6. The molecular formula is C9H16N2O7S. The number of β-lactam (4-membered cyclic amide) rings is 1. The zero-order valence-corrected chi connectivity index (χ0v) is 11.4. The number of nitrogens with zero attached hydrogens (tertiary/aromatic N) is 1. The summed E-state index contributed by atoms with van der Waals surface area (Å²) in [6.45, 7) is 2.67. The maximum Gasteiger partial charge on any atom is 0.407 e. The number of alkyl carbamates (subject to hydrolysis) is 1. The van der Waals surface area contributed by atoms with Crippen molar-refractivity contribution in [2.24, 2.45) is 5.92 Å². The van der Waals surface area contributed by atoms with Gasteiger partial charge in [-0.25, -0.2) is 9.10 Å². The van der Waals surface area contributed by atoms with Crippen LogP contribution in [0.3, 0.4) is 0 Å². The average Bonchev–Trinajstić information content (AvgIpc) is 2.22. The molecule has 0 saturated carbocycles. The monoisotopic (exact) mass is 296 g/mol. The molecule has 2 amide bonds. The number of ether oxygens (including phenoxy) is 1. The van der Waals surface area contributed by atoms with Crippen LogP contribution in [0.25, 0.3) is 0 Å². The molecule has 4 atom stereocenters. The molecule has 1 rings (SSSR count). The van der Waals surface area contributed by atoms with Crippen LogP contribution in [0.5, 0.6) is 0 Å². The third-order valence-electron chi connectivity index (χ3n) is 2.89. The quantitative estimate of drug-likeness (QED) is 0.435. The Morgan fingerprint density at radius 1 is 1.47 bits per heavy atom. The van der Waals surface area contributed by atoms with E-state index >= 15 is 0 Å². The summed E-state index contributed by atoms with van der Waals surface area (Å²) in [6.07, 6.45) is -2.96. The molecule has 0 aromatic carbocycles. The molecule has 0 bridgehead atoms. The van der Waals surface area contributed by atoms with Crippen LogP contribution in [-0.2, 0) is 19.8 Å². The van der Waals surface area contributed by atoms with E-state index in [2.05, 4.69) is 5.32 Å². The van der Waals surface area contributed by atoms with E-state index in [0.29, 0.717) is 0 Å². The van der Waals surface area contributed by atoms with Crippen molar-refractivity contribution < 1.29 is 32.4 Å². The van der Waals surface area contributed by atoms with E-state index in [1.165, 1.54) is 20.9 Å². The van der Waals surface area contributed by atoms with Crippen molar-refractivity contribution >= 4 is 22.3 Å². The summed E-state index contributed by atoms with van der Waals surface area (Å²) < 4.78 is 36.2. The highest BCUT2D eigenvalue weighted by Gasteiger charge is 2.58. The van der Waals surface area contributed by atoms with Crippen LogP contribution in [0.4, 0.5) is 4.79 Å². The van der Waals surface area contributed by atoms with E-state index in [4.69, 9.17) is 9.29 Å². The zero-order valence-electron chi connectivity index (χ0n) is 10.6. The number of carbonyl (C=O) groups is 2. The number of hydrogen-bond acceptors (Lipinski definition) is 6. The van der Waals surface area contributed by atoms with Gasteiger partial charge in [-0.3, -0.25) is 9.35 Å². The summed E-state index contributed by atoms with van der Waals surface area (Å²) in [5.41, 5.74) is 0. The molecule has 19 heavy (non-hydrogen) atoms. The van der Waals surface area contributed by atoms with Crippen LogP contribution < -0.4 is 5.32 Å². The molecule has 3 N–H and O–H groups in total. The van der Waals surface area contributed by atoms with Gasteiger partial charge in [0.15, 0.2) is 0 Å². The van der Waals surface area contributed by atoms with Gasteiger partial charge in [0, 0.05) is 7.05 Å². The summed E-state index contributed by atoms with van der Waals surface area (Å²) in [4.78, 5) is 22.7. The van der Waals surface area contributed by atoms with Crippen LogP contribution in [0.1, 0.15) is 13.8 Å². The second-order valence-electron chi connectivity index (χ2n) is 4.23. The molecule has 1 aliphatic heterocycles. The first kappa shape index (κ1) is 15.7. The Kier molecular flexibility index (Phi) is 4.38. The van der Waals surface area contributed by atoms with E-state index in [-0.39, 0.29) is 4.31 Å². The fourth-order valence-corrected chi connectivity index (χ4v) is 3.00. The Bertz CT molecular complexity index is 475. The molecule has 9 nitrogen and oxygen atoms in total. The molecule has 0 spiro atoms. The molecule has 0 unspecified atom stereocenters. The fraction of sp³-hybridized carbons (Fsp3) is 0.778. The largest absolute Gasteiger partial charge is 0.444 e. The predicted molar refractivity (Wildman–Crippen MR) is 62.4 cm³/mol. The molecule has 1 fully saturated rings. The standard InChI is InChI=1S/C9H16N2O7S/c1-4(12)6-7(5(2)18-9(14)10-3)11(8(6)13)19(15,16)17/h4-7,12H,1-3H3,(H,10,14)(H,15,16,17)/t4-,5+,6-,7-/m1/s1. The van der Waals surface area contributed by atoms with Gasteiger partial charge < -0.3 is 15.2 Å². The molecule has 0 aromatic rings. The minimum absolute atomic E-state index is 0.206. The van der Waals surface area contributed by atoms with Crippen LogP contribution >= 0.6 is 0 Å². The van der Waals surface area contributed by atoms with Gasteiger partial charge in [-0.1, -0.05) is 0 Å². The lowest BCUT2D eigenvalue weighted by atomic mass is 9.83. The molecule has 1 saturated heterocycles. The van der Waals surface area contributed by atoms with Gasteiger partial charge in [-0.2, -0.15) is 8.42 Å². The van der Waals surface area contributed by atoms with Gasteiger partial charge in [-0.15, -0.1) is 0 Å². The molecule has 0 radical (unpaired) electrons. The van der Waals surface area contributed by atoms with E-state index in [1.807, 2.05) is 0 Å². The van der Waals surface area contributed by atoms with Gasteiger partial charge in [0.1, 0.15) is 12.1 Å². The van der Waals surface area contributed by atoms with Crippen molar-refractivity contribution in [2.75, 3.05) is 7.05 Å². The highest BCUT2D eigenvalue weighted by atomic mass is 32.2. The fourth-order valence-electron chi connectivity index (χ4n) is 2.04. The number of aliphatic hydroxyl groups excluding tert-OH is 1. The van der Waals surface area contributed by atoms with Gasteiger partial charge in [0.2, 0.25) is 5.91 Å². The van der Waals surface area contributed by atoms with Gasteiger partial charge in [0.05, 0.1) is 12.0 Å². The Balaban J connectivity index is 2.97. The first-order chi connectivity index (χ1) is 8.61. The summed E-state index contributed by atoms with van der Waals surface area (Å²) in [5.74, 6) is -1.99. The second kappa shape index (κ2) is 5.31. The predicted octanol–water partition coefficient (Wildman–Crippen LogP) is -1.26. The molecule has 1 heterocycles. The van der Waals surface area contributed by atoms with Crippen LogP contribution in [0.2, 0.25) is 0 Å². The Morgan fingerprint density at radius 3 is 2.37 bits per heavy atom. The van der Waals surface area contributed by atoms with E-state index in [0.717, 1.165) is 0 Å². The van der Waals surface area contributed by atoms with E-state index in [9.17, 15) is 23.1 Å². The number of aliphatic hydroxyl groups is 1. The highest BCUT2D eigenvalue weighted by Crippen LogP contribution is 2.35. The molecule has 110 valence electrons. The van der Waals surface area contributed by atoms with Crippen molar-refractivity contribution in [1.29, 1.82) is 0 Å². The number of rotatable bonds is 4. The van der Waals surface area contributed by atoms with Crippen LogP contribution in [0.15, 0.2) is 0 Å². The summed E-state index contributed by atoms with van der Waals surface area (Å²) in [5, 5.41) is 11.6. The third kappa shape index (κ3) is 2.96. The first-order valence-corrected chi connectivity index (χ1v) is 6.88. The molecule has 1 aliphatic rings. The van der Waals surface area contributed by atoms with Crippen molar-refractivity contribution in [3.63, 3.8) is 0 Å². The Labute approximate surface area is 110 Å². The molecular weight excluding hydrogens is 280 g/mol. The third-order valence-corrected chi connectivity index (χ3v) is 3.81. The maximum absolute atomic E-state index is 11.6. The van der Waals surface area contributed by atoms with E-state index in [1.54, 1.807) is 0 Å². The lowest BCUT2D eigenvalue weighted by Crippen LogP contribution is -2.69. The lowest BCUT2D eigenvalue weighted by Gasteiger charge is -2.47. The Hall–Kier alpha value is -1.39. The normalized spacial score (nSPS) is 26.4. The molecule has 10 heteroatoms. The minimum Gasteiger partial charge on any atom is -0.444 e. The van der Waals surface area contributed by atoms with Gasteiger partial charge >= 0.3 is 16.4 Å². The molecule has 0 aromatic heterocycles. The van der Waals surface area contributed by atoms with Crippen LogP contribution in [0, 0.1) is 5.92 Å². The van der Waals surface area contributed by atoms with E-state index < -0.39 is 46.5 Å². The number of carbonyl (C=O) groups excluding carboxylic acids is 2. The average molecular weight is 296 g/mol. The van der Waals surface area contributed by atoms with Gasteiger partial charge in [0.25, 0.3) is 0 Å². The summed E-state index contributed by atoms with van der Waals surface area (Å²) >= 11 is 0. The lowest BCUT2D eigenvalue weighted by molar-refractivity contribution is -0.160. The Morgan fingerprint density at radius 2 is 2.00 bits per heavy atom. The second-order valence-corrected chi connectivity index (χ2v) is 5.52. The zero-order chi connectivity index (χ0) is 15.0. The van der Waals surface area contributed by atoms with Crippen molar-refractivity contribution in [3.8, 4) is 0 Å².